The van der Waals surface area contributed by atoms with E-state index in [1.807, 2.05) is 32.9 Å². The SMILES string of the molecule is CC1CC[C@@H](C(=O)NC(=O)[C@H](N)CC(C)(C)C)N1Cc1cc(Cl)ccc1-n1cncn1. The van der Waals surface area contributed by atoms with Crippen molar-refractivity contribution in [3.8, 4) is 5.69 Å². The Morgan fingerprint density at radius 2 is 2.06 bits per heavy atom. The Balaban J connectivity index is 1.75. The van der Waals surface area contributed by atoms with Crippen molar-refractivity contribution in [2.24, 2.45) is 11.1 Å². The molecule has 1 aromatic carbocycles. The lowest BCUT2D eigenvalue weighted by atomic mass is 9.88. The maximum atomic E-state index is 13.0. The molecule has 0 bridgehead atoms. The molecular weight excluding hydrogens is 416 g/mol. The first-order chi connectivity index (χ1) is 14.5. The van der Waals surface area contributed by atoms with Gasteiger partial charge in [-0.15, -0.1) is 0 Å². The van der Waals surface area contributed by atoms with Crippen LogP contribution in [0.25, 0.3) is 5.69 Å². The molecule has 1 aliphatic rings. The van der Waals surface area contributed by atoms with E-state index in [1.165, 1.54) is 6.33 Å². The molecule has 31 heavy (non-hydrogen) atoms. The smallest absolute Gasteiger partial charge is 0.243 e. The summed E-state index contributed by atoms with van der Waals surface area (Å²) in [6.07, 6.45) is 5.13. The number of halogens is 1. The first-order valence-corrected chi connectivity index (χ1v) is 10.9. The second-order valence-electron chi connectivity index (χ2n) is 9.45. The molecule has 1 saturated heterocycles. The van der Waals surface area contributed by atoms with Crippen molar-refractivity contribution < 1.29 is 9.59 Å². The van der Waals surface area contributed by atoms with Crippen LogP contribution >= 0.6 is 11.6 Å². The molecule has 1 fully saturated rings. The lowest BCUT2D eigenvalue weighted by Crippen LogP contribution is -2.51. The van der Waals surface area contributed by atoms with Crippen LogP contribution in [-0.4, -0.2) is 49.6 Å². The quantitative estimate of drug-likeness (QED) is 0.706. The molecule has 2 heterocycles. The summed E-state index contributed by atoms with van der Waals surface area (Å²) in [6.45, 7) is 8.62. The van der Waals surface area contributed by atoms with E-state index >= 15 is 0 Å². The van der Waals surface area contributed by atoms with Crippen LogP contribution in [0.3, 0.4) is 0 Å². The van der Waals surface area contributed by atoms with E-state index in [1.54, 1.807) is 17.1 Å². The topological polar surface area (TPSA) is 106 Å². The molecule has 0 aliphatic carbocycles. The van der Waals surface area contributed by atoms with Gasteiger partial charge in [-0.1, -0.05) is 32.4 Å². The summed E-state index contributed by atoms with van der Waals surface area (Å²) in [4.78, 5) is 31.6. The van der Waals surface area contributed by atoms with E-state index in [2.05, 4.69) is 27.2 Å². The van der Waals surface area contributed by atoms with Gasteiger partial charge in [-0.25, -0.2) is 9.67 Å². The van der Waals surface area contributed by atoms with Crippen LogP contribution in [0.15, 0.2) is 30.9 Å². The molecule has 2 amide bonds. The maximum Gasteiger partial charge on any atom is 0.243 e. The predicted octanol–water partition coefficient (Wildman–Crippen LogP) is 2.68. The fourth-order valence-electron chi connectivity index (χ4n) is 4.07. The molecule has 0 saturated carbocycles. The molecule has 0 spiro atoms. The van der Waals surface area contributed by atoms with Gasteiger partial charge in [0, 0.05) is 17.6 Å². The lowest BCUT2D eigenvalue weighted by molar-refractivity contribution is -0.134. The molecule has 2 aromatic rings. The van der Waals surface area contributed by atoms with Gasteiger partial charge in [0.15, 0.2) is 0 Å². The average Bonchev–Trinajstić information content (AvgIpc) is 3.31. The summed E-state index contributed by atoms with van der Waals surface area (Å²) in [7, 11) is 0. The number of amides is 2. The zero-order chi connectivity index (χ0) is 22.8. The highest BCUT2D eigenvalue weighted by atomic mass is 35.5. The van der Waals surface area contributed by atoms with Crippen molar-refractivity contribution in [1.29, 1.82) is 0 Å². The van der Waals surface area contributed by atoms with E-state index < -0.39 is 18.0 Å². The fourth-order valence-corrected chi connectivity index (χ4v) is 4.26. The van der Waals surface area contributed by atoms with Crippen molar-refractivity contribution in [2.45, 2.75) is 71.6 Å². The van der Waals surface area contributed by atoms with Crippen LogP contribution in [0.2, 0.25) is 5.02 Å². The van der Waals surface area contributed by atoms with Crippen molar-refractivity contribution >= 4 is 23.4 Å². The van der Waals surface area contributed by atoms with E-state index in [4.69, 9.17) is 17.3 Å². The molecule has 1 unspecified atom stereocenters. The Morgan fingerprint density at radius 3 is 2.71 bits per heavy atom. The summed E-state index contributed by atoms with van der Waals surface area (Å²) < 4.78 is 1.68. The third-order valence-electron chi connectivity index (χ3n) is 5.60. The first-order valence-electron chi connectivity index (χ1n) is 10.5. The van der Waals surface area contributed by atoms with Crippen LogP contribution in [0.5, 0.6) is 0 Å². The molecule has 3 N–H and O–H groups in total. The normalized spacial score (nSPS) is 20.6. The van der Waals surface area contributed by atoms with E-state index in [0.29, 0.717) is 24.4 Å². The largest absolute Gasteiger partial charge is 0.320 e. The van der Waals surface area contributed by atoms with Crippen molar-refractivity contribution in [3.63, 3.8) is 0 Å². The Kier molecular flexibility index (Phi) is 7.13. The van der Waals surface area contributed by atoms with Gasteiger partial charge in [-0.2, -0.15) is 5.10 Å². The number of imide groups is 1. The Hall–Kier alpha value is -2.29. The summed E-state index contributed by atoms with van der Waals surface area (Å²) in [5.74, 6) is -0.728. The van der Waals surface area contributed by atoms with Crippen molar-refractivity contribution in [2.75, 3.05) is 0 Å². The number of aromatic nitrogens is 3. The minimum absolute atomic E-state index is 0.0992. The molecule has 1 aromatic heterocycles. The van der Waals surface area contributed by atoms with Crippen LogP contribution in [0.4, 0.5) is 0 Å². The third-order valence-corrected chi connectivity index (χ3v) is 5.84. The van der Waals surface area contributed by atoms with Crippen LogP contribution < -0.4 is 11.1 Å². The first kappa shape index (κ1) is 23.4. The molecule has 3 rings (SSSR count). The number of nitrogens with two attached hydrogens (primary N) is 1. The van der Waals surface area contributed by atoms with Gasteiger partial charge in [0.25, 0.3) is 0 Å². The van der Waals surface area contributed by atoms with E-state index in [-0.39, 0.29) is 17.4 Å². The van der Waals surface area contributed by atoms with Crippen molar-refractivity contribution in [3.05, 3.63) is 41.4 Å². The number of benzene rings is 1. The van der Waals surface area contributed by atoms with Gasteiger partial charge in [-0.05, 0) is 55.4 Å². The minimum Gasteiger partial charge on any atom is -0.320 e. The van der Waals surface area contributed by atoms with Gasteiger partial charge >= 0.3 is 0 Å². The molecule has 168 valence electrons. The Morgan fingerprint density at radius 1 is 1.32 bits per heavy atom. The summed E-state index contributed by atoms with van der Waals surface area (Å²) in [5, 5.41) is 7.36. The zero-order valence-corrected chi connectivity index (χ0v) is 19.3. The summed E-state index contributed by atoms with van der Waals surface area (Å²) in [5.41, 5.74) is 7.70. The minimum atomic E-state index is -0.719. The molecule has 3 atom stereocenters. The van der Waals surface area contributed by atoms with E-state index in [0.717, 1.165) is 17.7 Å². The maximum absolute atomic E-state index is 13.0. The third kappa shape index (κ3) is 5.90. The number of likely N-dealkylation sites (tertiary alicyclic amines) is 1. The highest BCUT2D eigenvalue weighted by molar-refractivity contribution is 6.30. The summed E-state index contributed by atoms with van der Waals surface area (Å²) >= 11 is 6.25. The monoisotopic (exact) mass is 446 g/mol. The van der Waals surface area contributed by atoms with Gasteiger partial charge in [-0.3, -0.25) is 19.8 Å². The zero-order valence-electron chi connectivity index (χ0n) is 18.5. The number of carbonyl (C=O) groups excluding carboxylic acids is 2. The fraction of sp³-hybridized carbons (Fsp3) is 0.545. The Labute approximate surface area is 188 Å². The molecular formula is C22H31ClN6O2. The van der Waals surface area contributed by atoms with Crippen LogP contribution in [0, 0.1) is 5.41 Å². The van der Waals surface area contributed by atoms with Crippen LogP contribution in [0.1, 0.15) is 52.5 Å². The standard InChI is InChI=1S/C22H31ClN6O2/c1-14-5-7-19(21(31)27-20(30)17(24)10-22(2,3)4)28(14)11-15-9-16(23)6-8-18(15)29-13-25-12-26-29/h6,8-9,12-14,17,19H,5,7,10-11,24H2,1-4H3,(H,27,30,31)/t14?,17-,19+/m1/s1. The van der Waals surface area contributed by atoms with Gasteiger partial charge < -0.3 is 5.73 Å². The highest BCUT2D eigenvalue weighted by Crippen LogP contribution is 2.29. The number of nitrogens with one attached hydrogen (secondary N) is 1. The van der Waals surface area contributed by atoms with Gasteiger partial charge in [0.2, 0.25) is 11.8 Å². The number of hydrogen-bond acceptors (Lipinski definition) is 6. The lowest BCUT2D eigenvalue weighted by Gasteiger charge is -2.29. The van der Waals surface area contributed by atoms with Crippen molar-refractivity contribution in [1.82, 2.24) is 25.0 Å². The van der Waals surface area contributed by atoms with Gasteiger partial charge in [0.05, 0.1) is 17.8 Å². The second-order valence-corrected chi connectivity index (χ2v) is 9.89. The van der Waals surface area contributed by atoms with Crippen LogP contribution in [-0.2, 0) is 16.1 Å². The summed E-state index contributed by atoms with van der Waals surface area (Å²) in [6, 6.07) is 4.61. The number of nitrogens with zero attached hydrogens (tertiary/aromatic N) is 4. The van der Waals surface area contributed by atoms with E-state index in [9.17, 15) is 9.59 Å². The molecule has 1 aliphatic heterocycles. The predicted molar refractivity (Wildman–Crippen MR) is 120 cm³/mol. The molecule has 8 nitrogen and oxygen atoms in total. The number of hydrogen-bond donors (Lipinski definition) is 2. The second kappa shape index (κ2) is 9.46. The Bertz CT molecular complexity index is 925. The molecule has 0 radical (unpaired) electrons. The number of rotatable bonds is 6. The molecule has 9 heteroatoms. The average molecular weight is 447 g/mol. The highest BCUT2D eigenvalue weighted by Gasteiger charge is 2.37. The number of carbonyl (C=O) groups is 2. The van der Waals surface area contributed by atoms with Gasteiger partial charge in [0.1, 0.15) is 12.7 Å².